The highest BCUT2D eigenvalue weighted by Gasteiger charge is 2.49. The van der Waals surface area contributed by atoms with E-state index < -0.39 is 0 Å². The van der Waals surface area contributed by atoms with E-state index in [-0.39, 0.29) is 10.8 Å². The fourth-order valence-electron chi connectivity index (χ4n) is 9.83. The van der Waals surface area contributed by atoms with Crippen LogP contribution in [0.25, 0.3) is 38.6 Å². The molecule has 2 nitrogen and oxygen atoms in total. The second kappa shape index (κ2) is 11.7. The summed E-state index contributed by atoms with van der Waals surface area (Å²) in [6, 6.07) is 62.5. The van der Waals surface area contributed by atoms with Gasteiger partial charge in [-0.2, -0.15) is 0 Å². The number of fused-ring (bicyclic) bond motifs is 1. The number of para-hydroxylation sites is 3. The molecule has 8 aromatic carbocycles. The Kier molecular flexibility index (Phi) is 6.83. The summed E-state index contributed by atoms with van der Waals surface area (Å²) in [5.74, 6) is 0. The standard InChI is InChI=1S/C54H42N2/c1-34-44-30-39(36-25-27-43(28-26-36)55(41-17-8-6-9-18-41)42-19-10-7-11-20-42)32-48-50(44)56-51-45(34)31-40(38-24-23-35-15-12-13-16-37(35)29-38)33-49(51)54(4,5)47-22-14-21-46(52(47)56)53(48,2)3/h6-33H,1H2,2-5H3. The molecule has 0 radical (unpaired) electrons. The average Bonchev–Trinajstić information content (AvgIpc) is 3.23. The second-order valence-corrected chi connectivity index (χ2v) is 16.7. The molecule has 2 heteroatoms. The van der Waals surface area contributed by atoms with Crippen LogP contribution in [0, 0.1) is 0 Å². The van der Waals surface area contributed by atoms with E-state index >= 15 is 0 Å². The van der Waals surface area contributed by atoms with Gasteiger partial charge in [0.25, 0.3) is 0 Å². The molecular weight excluding hydrogens is 677 g/mol. The maximum atomic E-state index is 4.93. The molecule has 0 N–H and O–H groups in total. The highest BCUT2D eigenvalue weighted by Crippen LogP contribution is 2.65. The van der Waals surface area contributed by atoms with Crippen molar-refractivity contribution in [1.82, 2.24) is 0 Å². The van der Waals surface area contributed by atoms with Crippen molar-refractivity contribution in [2.75, 3.05) is 9.80 Å². The summed E-state index contributed by atoms with van der Waals surface area (Å²) >= 11 is 0. The molecule has 0 saturated carbocycles. The molecule has 0 unspecified atom stereocenters. The molecule has 0 aromatic heterocycles. The molecule has 3 aliphatic heterocycles. The van der Waals surface area contributed by atoms with Crippen LogP contribution in [0.1, 0.15) is 61.1 Å². The molecule has 8 aromatic rings. The summed E-state index contributed by atoms with van der Waals surface area (Å²) in [7, 11) is 0. The monoisotopic (exact) mass is 718 g/mol. The van der Waals surface area contributed by atoms with E-state index in [4.69, 9.17) is 6.58 Å². The SMILES string of the molecule is C=C1c2cc(-c3ccc(N(c4ccccc4)c4ccccc4)cc3)cc3c2N2c4c1cc(-c1ccc5ccccc5c1)cc4C(C)(C)c1cccc(c12)C3(C)C. The zero-order chi connectivity index (χ0) is 37.9. The number of hydrogen-bond acceptors (Lipinski definition) is 2. The van der Waals surface area contributed by atoms with Gasteiger partial charge in [-0.05, 0) is 128 Å². The summed E-state index contributed by atoms with van der Waals surface area (Å²) in [6.07, 6.45) is 0. The molecule has 0 bridgehead atoms. The second-order valence-electron chi connectivity index (χ2n) is 16.7. The Morgan fingerprint density at radius 1 is 0.393 bits per heavy atom. The fraction of sp³-hybridized carbons (Fsp3) is 0.111. The predicted molar refractivity (Wildman–Crippen MR) is 237 cm³/mol. The van der Waals surface area contributed by atoms with Crippen molar-refractivity contribution in [1.29, 1.82) is 0 Å². The summed E-state index contributed by atoms with van der Waals surface area (Å²) in [4.78, 5) is 4.93. The number of rotatable bonds is 5. The minimum atomic E-state index is -0.226. The van der Waals surface area contributed by atoms with Crippen molar-refractivity contribution >= 4 is 50.5 Å². The maximum absolute atomic E-state index is 4.93. The predicted octanol–water partition coefficient (Wildman–Crippen LogP) is 14.8. The Hall–Kier alpha value is -6.64. The van der Waals surface area contributed by atoms with Crippen LogP contribution >= 0.6 is 0 Å². The van der Waals surface area contributed by atoms with Crippen molar-refractivity contribution in [3.05, 3.63) is 210 Å². The number of benzene rings is 8. The Labute approximate surface area is 329 Å². The zero-order valence-corrected chi connectivity index (χ0v) is 32.3. The fourth-order valence-corrected chi connectivity index (χ4v) is 9.83. The van der Waals surface area contributed by atoms with Crippen LogP contribution in [0.4, 0.5) is 34.1 Å². The first-order valence-corrected chi connectivity index (χ1v) is 19.7. The first-order valence-electron chi connectivity index (χ1n) is 19.7. The highest BCUT2D eigenvalue weighted by atomic mass is 15.2. The molecule has 11 rings (SSSR count). The van der Waals surface area contributed by atoms with Gasteiger partial charge in [0.1, 0.15) is 0 Å². The van der Waals surface area contributed by atoms with Gasteiger partial charge in [0.05, 0.1) is 17.1 Å². The lowest BCUT2D eigenvalue weighted by atomic mass is 9.63. The molecule has 0 amide bonds. The van der Waals surface area contributed by atoms with Gasteiger partial charge in [-0.1, -0.05) is 137 Å². The van der Waals surface area contributed by atoms with Crippen molar-refractivity contribution in [3.63, 3.8) is 0 Å². The van der Waals surface area contributed by atoms with Gasteiger partial charge in [-0.15, -0.1) is 0 Å². The van der Waals surface area contributed by atoms with Crippen LogP contribution in [0.15, 0.2) is 176 Å². The van der Waals surface area contributed by atoms with Gasteiger partial charge < -0.3 is 9.80 Å². The number of hydrogen-bond donors (Lipinski definition) is 0. The lowest BCUT2D eigenvalue weighted by Gasteiger charge is -2.52. The molecule has 0 atom stereocenters. The molecule has 0 fully saturated rings. The molecule has 0 saturated heterocycles. The van der Waals surface area contributed by atoms with Gasteiger partial charge in [0.15, 0.2) is 0 Å². The molecule has 3 aliphatic rings. The Balaban J connectivity index is 1.11. The third-order valence-corrected chi connectivity index (χ3v) is 12.8. The summed E-state index contributed by atoms with van der Waals surface area (Å²) in [5, 5.41) is 2.51. The van der Waals surface area contributed by atoms with E-state index in [1.54, 1.807) is 0 Å². The van der Waals surface area contributed by atoms with Crippen LogP contribution in [-0.4, -0.2) is 0 Å². The first kappa shape index (κ1) is 32.8. The minimum Gasteiger partial charge on any atom is -0.311 e. The smallest absolute Gasteiger partial charge is 0.0581 e. The van der Waals surface area contributed by atoms with Gasteiger partial charge in [0.2, 0.25) is 0 Å². The highest BCUT2D eigenvalue weighted by molar-refractivity contribution is 6.09. The maximum Gasteiger partial charge on any atom is 0.0581 e. The third-order valence-electron chi connectivity index (χ3n) is 12.8. The quantitative estimate of drug-likeness (QED) is 0.175. The summed E-state index contributed by atoms with van der Waals surface area (Å²) in [6.45, 7) is 14.6. The summed E-state index contributed by atoms with van der Waals surface area (Å²) in [5.41, 5.74) is 20.7. The minimum absolute atomic E-state index is 0.209. The van der Waals surface area contributed by atoms with Gasteiger partial charge in [0, 0.05) is 39.0 Å². The number of anilines is 6. The van der Waals surface area contributed by atoms with E-state index in [1.165, 1.54) is 83.5 Å². The molecule has 0 aliphatic carbocycles. The molecule has 56 heavy (non-hydrogen) atoms. The topological polar surface area (TPSA) is 6.48 Å². The van der Waals surface area contributed by atoms with Crippen molar-refractivity contribution < 1.29 is 0 Å². The van der Waals surface area contributed by atoms with Crippen molar-refractivity contribution in [2.45, 2.75) is 38.5 Å². The zero-order valence-electron chi connectivity index (χ0n) is 32.3. The lowest BCUT2D eigenvalue weighted by molar-refractivity contribution is 0.596. The van der Waals surface area contributed by atoms with Crippen LogP contribution in [0.5, 0.6) is 0 Å². The van der Waals surface area contributed by atoms with E-state index in [2.05, 4.69) is 207 Å². The Morgan fingerprint density at radius 3 is 1.45 bits per heavy atom. The van der Waals surface area contributed by atoms with E-state index in [0.717, 1.165) is 22.6 Å². The largest absolute Gasteiger partial charge is 0.311 e. The Bertz CT molecular complexity index is 2880. The molecular formula is C54H42N2. The average molecular weight is 719 g/mol. The van der Waals surface area contributed by atoms with Crippen molar-refractivity contribution in [3.8, 4) is 22.3 Å². The van der Waals surface area contributed by atoms with E-state index in [1.807, 2.05) is 0 Å². The molecule has 3 heterocycles. The van der Waals surface area contributed by atoms with Gasteiger partial charge >= 0.3 is 0 Å². The molecule has 268 valence electrons. The lowest BCUT2D eigenvalue weighted by Crippen LogP contribution is -2.40. The van der Waals surface area contributed by atoms with Gasteiger partial charge in [-0.25, -0.2) is 0 Å². The van der Waals surface area contributed by atoms with Crippen molar-refractivity contribution in [2.24, 2.45) is 0 Å². The summed E-state index contributed by atoms with van der Waals surface area (Å²) < 4.78 is 0. The third kappa shape index (κ3) is 4.56. The van der Waals surface area contributed by atoms with Crippen LogP contribution in [0.2, 0.25) is 0 Å². The Morgan fingerprint density at radius 2 is 0.875 bits per heavy atom. The first-order chi connectivity index (χ1) is 27.2. The van der Waals surface area contributed by atoms with Gasteiger partial charge in [-0.3, -0.25) is 0 Å². The normalized spacial score (nSPS) is 15.1. The van der Waals surface area contributed by atoms with Crippen LogP contribution < -0.4 is 9.80 Å². The molecule has 0 spiro atoms. The van der Waals surface area contributed by atoms with Crippen LogP contribution in [-0.2, 0) is 10.8 Å². The van der Waals surface area contributed by atoms with E-state index in [9.17, 15) is 0 Å². The number of nitrogens with zero attached hydrogens (tertiary/aromatic N) is 2. The van der Waals surface area contributed by atoms with E-state index in [0.29, 0.717) is 0 Å². The van der Waals surface area contributed by atoms with Crippen LogP contribution in [0.3, 0.4) is 0 Å².